The Bertz CT molecular complexity index is 510. The van der Waals surface area contributed by atoms with Gasteiger partial charge >= 0.3 is 0 Å². The number of nitrogens with zero attached hydrogens (tertiary/aromatic N) is 2. The largest absolute Gasteiger partial charge is 0.495 e. The van der Waals surface area contributed by atoms with Crippen LogP contribution in [0.1, 0.15) is 17.3 Å². The van der Waals surface area contributed by atoms with Crippen molar-refractivity contribution < 1.29 is 19.4 Å². The Morgan fingerprint density at radius 2 is 1.82 bits per heavy atom. The minimum atomic E-state index is -0.855. The molecule has 0 bridgehead atoms. The van der Waals surface area contributed by atoms with Gasteiger partial charge in [0.05, 0.1) is 29.1 Å². The Hall–Kier alpha value is -2.51. The first-order valence-electron chi connectivity index (χ1n) is 4.40. The minimum Gasteiger partial charge on any atom is -0.495 e. The number of carbonyl (C=O) groups excluding carboxylic acids is 1. The number of ketones is 1. The highest BCUT2D eigenvalue weighted by Gasteiger charge is 2.27. The van der Waals surface area contributed by atoms with Crippen molar-refractivity contribution in [2.75, 3.05) is 7.11 Å². The Labute approximate surface area is 95.1 Å². The van der Waals surface area contributed by atoms with Gasteiger partial charge in [0, 0.05) is 0 Å². The van der Waals surface area contributed by atoms with E-state index in [1.54, 1.807) is 0 Å². The highest BCUT2D eigenvalue weighted by Crippen LogP contribution is 2.33. The van der Waals surface area contributed by atoms with Crippen LogP contribution in [0, 0.1) is 20.2 Å². The van der Waals surface area contributed by atoms with Crippen molar-refractivity contribution >= 4 is 17.2 Å². The fraction of sp³-hybridized carbons (Fsp3) is 0.222. The summed E-state index contributed by atoms with van der Waals surface area (Å²) in [6.07, 6.45) is 0. The van der Waals surface area contributed by atoms with E-state index in [9.17, 15) is 25.0 Å². The molecule has 90 valence electrons. The van der Waals surface area contributed by atoms with Crippen LogP contribution in [0.4, 0.5) is 11.4 Å². The van der Waals surface area contributed by atoms with Crippen LogP contribution in [-0.4, -0.2) is 22.7 Å². The first-order valence-corrected chi connectivity index (χ1v) is 4.40. The van der Waals surface area contributed by atoms with Crippen molar-refractivity contribution in [2.45, 2.75) is 6.92 Å². The van der Waals surface area contributed by atoms with E-state index in [1.165, 1.54) is 7.11 Å². The maximum absolute atomic E-state index is 11.3. The quantitative estimate of drug-likeness (QED) is 0.449. The van der Waals surface area contributed by atoms with Crippen molar-refractivity contribution in [3.8, 4) is 5.75 Å². The number of Topliss-reactive ketones (excluding diaryl/α,β-unsaturated/α-hetero) is 1. The van der Waals surface area contributed by atoms with Crippen molar-refractivity contribution in [1.29, 1.82) is 0 Å². The molecule has 0 radical (unpaired) electrons. The molecule has 0 saturated carbocycles. The fourth-order valence-corrected chi connectivity index (χ4v) is 1.35. The van der Waals surface area contributed by atoms with Gasteiger partial charge in [-0.3, -0.25) is 25.0 Å². The van der Waals surface area contributed by atoms with Gasteiger partial charge in [-0.1, -0.05) is 0 Å². The molecule has 1 aromatic rings. The second kappa shape index (κ2) is 4.56. The Balaban J connectivity index is 3.63. The molecule has 0 aliphatic carbocycles. The van der Waals surface area contributed by atoms with E-state index in [-0.39, 0.29) is 11.3 Å². The highest BCUT2D eigenvalue weighted by molar-refractivity contribution is 6.01. The molecule has 17 heavy (non-hydrogen) atoms. The van der Waals surface area contributed by atoms with Crippen LogP contribution in [0.3, 0.4) is 0 Å². The third-order valence-corrected chi connectivity index (χ3v) is 2.05. The molecule has 0 N–H and O–H groups in total. The predicted molar refractivity (Wildman–Crippen MR) is 56.3 cm³/mol. The van der Waals surface area contributed by atoms with E-state index in [2.05, 4.69) is 0 Å². The van der Waals surface area contributed by atoms with E-state index in [0.29, 0.717) is 0 Å². The van der Waals surface area contributed by atoms with Gasteiger partial charge in [-0.25, -0.2) is 0 Å². The lowest BCUT2D eigenvalue weighted by Gasteiger charge is -2.05. The van der Waals surface area contributed by atoms with Gasteiger partial charge < -0.3 is 4.74 Å². The standard InChI is InChI=1S/C9H8N2O6/c1-5(12)9-7(11(15)16)3-6(10(13)14)4-8(9)17-2/h3-4H,1-2H3. The molecule has 0 aliphatic heterocycles. The van der Waals surface area contributed by atoms with E-state index >= 15 is 0 Å². The van der Waals surface area contributed by atoms with Crippen LogP contribution in [0.25, 0.3) is 0 Å². The van der Waals surface area contributed by atoms with Crippen LogP contribution in [-0.2, 0) is 0 Å². The molecule has 0 aromatic heterocycles. The average molecular weight is 240 g/mol. The van der Waals surface area contributed by atoms with Crippen molar-refractivity contribution in [3.63, 3.8) is 0 Å². The number of nitro benzene ring substituents is 2. The monoisotopic (exact) mass is 240 g/mol. The zero-order chi connectivity index (χ0) is 13.2. The second-order valence-corrected chi connectivity index (χ2v) is 3.11. The summed E-state index contributed by atoms with van der Waals surface area (Å²) in [5, 5.41) is 21.3. The topological polar surface area (TPSA) is 113 Å². The maximum atomic E-state index is 11.3. The lowest BCUT2D eigenvalue weighted by atomic mass is 10.1. The molecule has 0 amide bonds. The average Bonchev–Trinajstić information content (AvgIpc) is 2.26. The molecule has 0 unspecified atom stereocenters. The van der Waals surface area contributed by atoms with Crippen LogP contribution in [0.2, 0.25) is 0 Å². The SMILES string of the molecule is COc1cc([N+](=O)[O-])cc([N+](=O)[O-])c1C(C)=O. The van der Waals surface area contributed by atoms with Crippen LogP contribution >= 0.6 is 0 Å². The summed E-state index contributed by atoms with van der Waals surface area (Å²) < 4.78 is 4.76. The minimum absolute atomic E-state index is 0.182. The predicted octanol–water partition coefficient (Wildman–Crippen LogP) is 1.71. The Morgan fingerprint density at radius 1 is 1.24 bits per heavy atom. The highest BCUT2D eigenvalue weighted by atomic mass is 16.6. The van der Waals surface area contributed by atoms with Crippen molar-refractivity contribution in [3.05, 3.63) is 37.9 Å². The number of ether oxygens (including phenoxy) is 1. The lowest BCUT2D eigenvalue weighted by molar-refractivity contribution is -0.394. The maximum Gasteiger partial charge on any atom is 0.290 e. The van der Waals surface area contributed by atoms with Crippen LogP contribution in [0.15, 0.2) is 12.1 Å². The van der Waals surface area contributed by atoms with E-state index in [0.717, 1.165) is 19.1 Å². The number of nitro groups is 2. The van der Waals surface area contributed by atoms with E-state index in [1.807, 2.05) is 0 Å². The van der Waals surface area contributed by atoms with Crippen LogP contribution in [0.5, 0.6) is 5.75 Å². The zero-order valence-electron chi connectivity index (χ0n) is 9.00. The molecule has 8 nitrogen and oxygen atoms in total. The molecule has 8 heteroatoms. The molecule has 0 fully saturated rings. The Morgan fingerprint density at radius 3 is 2.18 bits per heavy atom. The summed E-state index contributed by atoms with van der Waals surface area (Å²) in [6, 6.07) is 1.71. The molecule has 1 rings (SSSR count). The second-order valence-electron chi connectivity index (χ2n) is 3.11. The molecule has 0 saturated heterocycles. The first-order chi connectivity index (χ1) is 7.88. The third kappa shape index (κ3) is 2.36. The van der Waals surface area contributed by atoms with E-state index < -0.39 is 27.0 Å². The fourth-order valence-electron chi connectivity index (χ4n) is 1.35. The molecule has 0 heterocycles. The van der Waals surface area contributed by atoms with Gasteiger partial charge in [0.1, 0.15) is 11.3 Å². The van der Waals surface area contributed by atoms with Gasteiger partial charge in [-0.15, -0.1) is 0 Å². The van der Waals surface area contributed by atoms with Crippen LogP contribution < -0.4 is 4.74 Å². The molecular formula is C9H8N2O6. The number of non-ortho nitro benzene ring substituents is 1. The number of methoxy groups -OCH3 is 1. The smallest absolute Gasteiger partial charge is 0.290 e. The lowest BCUT2D eigenvalue weighted by Crippen LogP contribution is -2.04. The van der Waals surface area contributed by atoms with Crippen molar-refractivity contribution in [1.82, 2.24) is 0 Å². The summed E-state index contributed by atoms with van der Waals surface area (Å²) in [7, 11) is 1.18. The third-order valence-electron chi connectivity index (χ3n) is 2.05. The van der Waals surface area contributed by atoms with Gasteiger partial charge in [0.25, 0.3) is 11.4 Å². The van der Waals surface area contributed by atoms with Gasteiger partial charge in [-0.05, 0) is 6.92 Å². The van der Waals surface area contributed by atoms with Gasteiger partial charge in [0.15, 0.2) is 5.78 Å². The summed E-state index contributed by atoms with van der Waals surface area (Å²) in [5.41, 5.74) is -1.41. The zero-order valence-corrected chi connectivity index (χ0v) is 9.00. The summed E-state index contributed by atoms with van der Waals surface area (Å²) in [5.74, 6) is -0.776. The molecular weight excluding hydrogens is 232 g/mol. The summed E-state index contributed by atoms with van der Waals surface area (Å²) in [6.45, 7) is 1.12. The summed E-state index contributed by atoms with van der Waals surface area (Å²) >= 11 is 0. The normalized spacial score (nSPS) is 9.76. The number of carbonyl (C=O) groups is 1. The number of benzene rings is 1. The van der Waals surface area contributed by atoms with Gasteiger partial charge in [0.2, 0.25) is 0 Å². The molecule has 0 aliphatic rings. The molecule has 0 spiro atoms. The first kappa shape index (κ1) is 12.6. The van der Waals surface area contributed by atoms with E-state index in [4.69, 9.17) is 4.74 Å². The summed E-state index contributed by atoms with van der Waals surface area (Å²) in [4.78, 5) is 30.9. The molecule has 0 atom stereocenters. The Kier molecular flexibility index (Phi) is 3.37. The number of hydrogen-bond donors (Lipinski definition) is 0. The molecule has 1 aromatic carbocycles. The van der Waals surface area contributed by atoms with Crippen molar-refractivity contribution in [2.24, 2.45) is 0 Å². The number of hydrogen-bond acceptors (Lipinski definition) is 6. The van der Waals surface area contributed by atoms with Gasteiger partial charge in [-0.2, -0.15) is 0 Å². The number of rotatable bonds is 4.